The molecule has 2 heterocycles. The van der Waals surface area contributed by atoms with Crippen LogP contribution in [0.1, 0.15) is 18.5 Å². The third-order valence-corrected chi connectivity index (χ3v) is 4.49. The number of aryl methyl sites for hydroxylation is 1. The standard InChI is InChI=1S/C17H19N3O4/c1-11-10-15(19-8-6-12(7-9-19)17(21)24-2)13-4-3-5-14(20(22)23)16(13)18-11/h3-5,10,12H,6-9H2,1-2H3. The topological polar surface area (TPSA) is 85.6 Å². The maximum atomic E-state index is 11.7. The Morgan fingerprint density at radius 2 is 2.08 bits per heavy atom. The van der Waals surface area contributed by atoms with Crippen molar-refractivity contribution in [3.63, 3.8) is 0 Å². The van der Waals surface area contributed by atoms with Crippen molar-refractivity contribution in [2.45, 2.75) is 19.8 Å². The van der Waals surface area contributed by atoms with E-state index < -0.39 is 4.92 Å². The number of nitro benzene ring substituents is 1. The summed E-state index contributed by atoms with van der Waals surface area (Å²) in [6.45, 7) is 3.25. The van der Waals surface area contributed by atoms with Crippen LogP contribution in [-0.4, -0.2) is 36.1 Å². The van der Waals surface area contributed by atoms with Gasteiger partial charge in [-0.2, -0.15) is 0 Å². The normalized spacial score (nSPS) is 15.5. The number of esters is 1. The van der Waals surface area contributed by atoms with Crippen molar-refractivity contribution in [2.75, 3.05) is 25.1 Å². The van der Waals surface area contributed by atoms with E-state index in [4.69, 9.17) is 4.74 Å². The Morgan fingerprint density at radius 3 is 2.71 bits per heavy atom. The quantitative estimate of drug-likeness (QED) is 0.489. The molecule has 24 heavy (non-hydrogen) atoms. The van der Waals surface area contributed by atoms with Crippen molar-refractivity contribution < 1.29 is 14.5 Å². The molecule has 0 radical (unpaired) electrons. The SMILES string of the molecule is COC(=O)C1CCN(c2cc(C)nc3c([N+](=O)[O-])cccc23)CC1. The van der Waals surface area contributed by atoms with Gasteiger partial charge in [-0.15, -0.1) is 0 Å². The fourth-order valence-corrected chi connectivity index (χ4v) is 3.27. The van der Waals surface area contributed by atoms with Crippen LogP contribution in [0.5, 0.6) is 0 Å². The molecule has 0 saturated carbocycles. The van der Waals surface area contributed by atoms with E-state index >= 15 is 0 Å². The molecule has 1 aliphatic heterocycles. The summed E-state index contributed by atoms with van der Waals surface area (Å²) in [6.07, 6.45) is 1.43. The van der Waals surface area contributed by atoms with Crippen LogP contribution < -0.4 is 4.90 Å². The van der Waals surface area contributed by atoms with Gasteiger partial charge in [0, 0.05) is 35.9 Å². The van der Waals surface area contributed by atoms with Gasteiger partial charge in [0.05, 0.1) is 18.0 Å². The predicted octanol–water partition coefficient (Wildman–Crippen LogP) is 2.84. The van der Waals surface area contributed by atoms with Gasteiger partial charge in [0.1, 0.15) is 0 Å². The van der Waals surface area contributed by atoms with Crippen LogP contribution in [0.25, 0.3) is 10.9 Å². The number of piperidine rings is 1. The molecule has 3 rings (SSSR count). The Morgan fingerprint density at radius 1 is 1.38 bits per heavy atom. The molecular formula is C17H19N3O4. The summed E-state index contributed by atoms with van der Waals surface area (Å²) in [5.41, 5.74) is 2.10. The summed E-state index contributed by atoms with van der Waals surface area (Å²) in [4.78, 5) is 29.1. The second-order valence-corrected chi connectivity index (χ2v) is 6.00. The van der Waals surface area contributed by atoms with Gasteiger partial charge < -0.3 is 9.64 Å². The Bertz CT molecular complexity index is 798. The molecule has 1 aromatic heterocycles. The second kappa shape index (κ2) is 6.43. The van der Waals surface area contributed by atoms with Gasteiger partial charge in [0.25, 0.3) is 5.69 Å². The van der Waals surface area contributed by atoms with E-state index in [1.54, 1.807) is 6.07 Å². The average Bonchev–Trinajstić information content (AvgIpc) is 2.59. The number of carbonyl (C=O) groups is 1. The fraction of sp³-hybridized carbons (Fsp3) is 0.412. The number of aromatic nitrogens is 1. The summed E-state index contributed by atoms with van der Waals surface area (Å²) >= 11 is 0. The number of pyridine rings is 1. The van der Waals surface area contributed by atoms with E-state index in [2.05, 4.69) is 9.88 Å². The predicted molar refractivity (Wildman–Crippen MR) is 90.1 cm³/mol. The van der Waals surface area contributed by atoms with Crippen LogP contribution in [0.2, 0.25) is 0 Å². The summed E-state index contributed by atoms with van der Waals surface area (Å²) in [7, 11) is 1.41. The molecule has 0 amide bonds. The monoisotopic (exact) mass is 329 g/mol. The fourth-order valence-electron chi connectivity index (χ4n) is 3.27. The highest BCUT2D eigenvalue weighted by atomic mass is 16.6. The number of rotatable bonds is 3. The lowest BCUT2D eigenvalue weighted by Crippen LogP contribution is -2.36. The molecule has 0 unspecified atom stereocenters. The Kier molecular flexibility index (Phi) is 4.33. The van der Waals surface area contributed by atoms with Gasteiger partial charge in [-0.05, 0) is 25.8 Å². The zero-order chi connectivity index (χ0) is 17.3. The summed E-state index contributed by atoms with van der Waals surface area (Å²) in [5.74, 6) is -0.240. The molecule has 0 aliphatic carbocycles. The Hall–Kier alpha value is -2.70. The Balaban J connectivity index is 1.97. The number of nitro groups is 1. The van der Waals surface area contributed by atoms with Gasteiger partial charge in [0.15, 0.2) is 5.52 Å². The van der Waals surface area contributed by atoms with Gasteiger partial charge in [-0.25, -0.2) is 4.98 Å². The summed E-state index contributed by atoms with van der Waals surface area (Å²) < 4.78 is 4.82. The molecule has 0 atom stereocenters. The number of hydrogen-bond donors (Lipinski definition) is 0. The third-order valence-electron chi connectivity index (χ3n) is 4.49. The zero-order valence-electron chi connectivity index (χ0n) is 13.7. The number of carbonyl (C=O) groups excluding carboxylic acids is 1. The Labute approximate surface area is 139 Å². The molecule has 1 aromatic carbocycles. The van der Waals surface area contributed by atoms with Crippen LogP contribution in [0.4, 0.5) is 11.4 Å². The molecule has 1 fully saturated rings. The maximum Gasteiger partial charge on any atom is 0.308 e. The van der Waals surface area contributed by atoms with Gasteiger partial charge in [-0.1, -0.05) is 12.1 Å². The number of para-hydroxylation sites is 1. The number of fused-ring (bicyclic) bond motifs is 1. The van der Waals surface area contributed by atoms with Crippen LogP contribution in [0, 0.1) is 23.0 Å². The third kappa shape index (κ3) is 2.89. The van der Waals surface area contributed by atoms with Gasteiger partial charge >= 0.3 is 5.97 Å². The molecule has 1 saturated heterocycles. The first-order chi connectivity index (χ1) is 11.5. The second-order valence-electron chi connectivity index (χ2n) is 6.00. The highest BCUT2D eigenvalue weighted by molar-refractivity contribution is 5.97. The first-order valence-corrected chi connectivity index (χ1v) is 7.89. The number of methoxy groups -OCH3 is 1. The molecule has 0 spiro atoms. The van der Waals surface area contributed by atoms with E-state index in [0.29, 0.717) is 31.4 Å². The van der Waals surface area contributed by atoms with Crippen LogP contribution >= 0.6 is 0 Å². The summed E-state index contributed by atoms with van der Waals surface area (Å²) in [5, 5.41) is 12.0. The lowest BCUT2D eigenvalue weighted by Gasteiger charge is -2.33. The van der Waals surface area contributed by atoms with E-state index in [0.717, 1.165) is 16.8 Å². The van der Waals surface area contributed by atoms with Crippen molar-refractivity contribution in [2.24, 2.45) is 5.92 Å². The molecule has 0 N–H and O–H groups in total. The van der Waals surface area contributed by atoms with Gasteiger partial charge in [0.2, 0.25) is 0 Å². The van der Waals surface area contributed by atoms with E-state index in [9.17, 15) is 14.9 Å². The smallest absolute Gasteiger partial charge is 0.308 e. The molecule has 7 heteroatoms. The van der Waals surface area contributed by atoms with E-state index in [1.165, 1.54) is 13.2 Å². The lowest BCUT2D eigenvalue weighted by atomic mass is 9.96. The van der Waals surface area contributed by atoms with Crippen molar-refractivity contribution in [3.05, 3.63) is 40.1 Å². The highest BCUT2D eigenvalue weighted by Crippen LogP contribution is 2.34. The first-order valence-electron chi connectivity index (χ1n) is 7.89. The van der Waals surface area contributed by atoms with Gasteiger partial charge in [-0.3, -0.25) is 14.9 Å². The number of hydrogen-bond acceptors (Lipinski definition) is 6. The van der Waals surface area contributed by atoms with Crippen LogP contribution in [0.3, 0.4) is 0 Å². The number of anilines is 1. The molecule has 0 bridgehead atoms. The highest BCUT2D eigenvalue weighted by Gasteiger charge is 2.27. The summed E-state index contributed by atoms with van der Waals surface area (Å²) in [6, 6.07) is 6.96. The van der Waals surface area contributed by atoms with Crippen molar-refractivity contribution in [1.29, 1.82) is 0 Å². The minimum Gasteiger partial charge on any atom is -0.469 e. The number of benzene rings is 1. The molecule has 1 aliphatic rings. The van der Waals surface area contributed by atoms with E-state index in [-0.39, 0.29) is 17.6 Å². The minimum atomic E-state index is -0.401. The van der Waals surface area contributed by atoms with Crippen LogP contribution in [0.15, 0.2) is 24.3 Å². The van der Waals surface area contributed by atoms with E-state index in [1.807, 2.05) is 19.1 Å². The molecule has 2 aromatic rings. The number of non-ortho nitro benzene ring substituents is 1. The number of nitrogens with zero attached hydrogens (tertiary/aromatic N) is 3. The average molecular weight is 329 g/mol. The minimum absolute atomic E-state index is 0.0156. The molecule has 7 nitrogen and oxygen atoms in total. The van der Waals surface area contributed by atoms with Crippen molar-refractivity contribution >= 4 is 28.2 Å². The molecular weight excluding hydrogens is 310 g/mol. The number of ether oxygens (including phenoxy) is 1. The maximum absolute atomic E-state index is 11.7. The zero-order valence-corrected chi connectivity index (χ0v) is 13.7. The largest absolute Gasteiger partial charge is 0.469 e. The van der Waals surface area contributed by atoms with Crippen molar-refractivity contribution in [1.82, 2.24) is 4.98 Å². The van der Waals surface area contributed by atoms with Crippen molar-refractivity contribution in [3.8, 4) is 0 Å². The molecule has 126 valence electrons. The van der Waals surface area contributed by atoms with Crippen LogP contribution in [-0.2, 0) is 9.53 Å². The lowest BCUT2D eigenvalue weighted by molar-refractivity contribution is -0.383. The first kappa shape index (κ1) is 16.2.